The highest BCUT2D eigenvalue weighted by Gasteiger charge is 2.32. The Balaban J connectivity index is 1.51. The summed E-state index contributed by atoms with van der Waals surface area (Å²) in [6.45, 7) is 0.975. The number of carbonyl (C=O) groups is 2. The van der Waals surface area contributed by atoms with Gasteiger partial charge in [-0.25, -0.2) is 17.6 Å². The standard InChI is InChI=1S/C25H24ClFN4O4S/c1-36(34,35)23-5-3-2-4-19(23)16-6-11-21(20(27)14-16)30-24(32)22-15-28-12-13-31(22)25(33)29-18-9-7-17(26)8-10-18/h2-11,14,22,28H,12-13,15H2,1H3,(H,29,33)(H,30,32). The van der Waals surface area contributed by atoms with Crippen molar-refractivity contribution in [1.29, 1.82) is 0 Å². The number of nitrogens with zero attached hydrogens (tertiary/aromatic N) is 1. The first-order chi connectivity index (χ1) is 17.1. The maximum atomic E-state index is 15.0. The van der Waals surface area contributed by atoms with Crippen molar-refractivity contribution in [3.8, 4) is 11.1 Å². The van der Waals surface area contributed by atoms with E-state index in [4.69, 9.17) is 11.6 Å². The molecule has 1 heterocycles. The highest BCUT2D eigenvalue weighted by Crippen LogP contribution is 2.30. The molecule has 0 aliphatic carbocycles. The van der Waals surface area contributed by atoms with Crippen LogP contribution in [0.25, 0.3) is 11.1 Å². The molecule has 36 heavy (non-hydrogen) atoms. The molecule has 1 atom stereocenters. The zero-order chi connectivity index (χ0) is 25.9. The molecule has 11 heteroatoms. The number of halogens is 2. The molecule has 8 nitrogen and oxygen atoms in total. The van der Waals surface area contributed by atoms with Crippen molar-refractivity contribution >= 4 is 44.8 Å². The Kier molecular flexibility index (Phi) is 7.58. The Hall–Kier alpha value is -3.47. The van der Waals surface area contributed by atoms with E-state index in [9.17, 15) is 22.4 Å². The number of amides is 3. The zero-order valence-electron chi connectivity index (χ0n) is 19.3. The van der Waals surface area contributed by atoms with Gasteiger partial charge in [0.1, 0.15) is 11.9 Å². The normalized spacial score (nSPS) is 15.9. The van der Waals surface area contributed by atoms with Gasteiger partial charge in [-0.3, -0.25) is 4.79 Å². The summed E-state index contributed by atoms with van der Waals surface area (Å²) in [5.74, 6) is -1.29. The van der Waals surface area contributed by atoms with Gasteiger partial charge in [-0.15, -0.1) is 0 Å². The Morgan fingerprint density at radius 3 is 2.47 bits per heavy atom. The van der Waals surface area contributed by atoms with Crippen LogP contribution < -0.4 is 16.0 Å². The Bertz CT molecular complexity index is 1400. The van der Waals surface area contributed by atoms with Crippen molar-refractivity contribution in [3.05, 3.63) is 77.6 Å². The van der Waals surface area contributed by atoms with Crippen LogP contribution in [0.4, 0.5) is 20.6 Å². The number of anilines is 2. The number of rotatable bonds is 5. The predicted octanol–water partition coefficient (Wildman–Crippen LogP) is 3.99. The average molecular weight is 531 g/mol. The Morgan fingerprint density at radius 2 is 1.78 bits per heavy atom. The third-order valence-electron chi connectivity index (χ3n) is 5.73. The molecule has 1 aliphatic heterocycles. The number of urea groups is 1. The van der Waals surface area contributed by atoms with Crippen molar-refractivity contribution < 1.29 is 22.4 Å². The van der Waals surface area contributed by atoms with E-state index in [2.05, 4.69) is 16.0 Å². The number of sulfone groups is 1. The van der Waals surface area contributed by atoms with E-state index < -0.39 is 33.6 Å². The lowest BCUT2D eigenvalue weighted by Gasteiger charge is -2.35. The van der Waals surface area contributed by atoms with E-state index in [-0.39, 0.29) is 23.7 Å². The van der Waals surface area contributed by atoms with Gasteiger partial charge in [0, 0.05) is 42.2 Å². The van der Waals surface area contributed by atoms with Crippen LogP contribution in [-0.4, -0.2) is 57.2 Å². The van der Waals surface area contributed by atoms with Crippen LogP contribution in [0.3, 0.4) is 0 Å². The van der Waals surface area contributed by atoms with Gasteiger partial charge in [-0.1, -0.05) is 35.9 Å². The molecule has 1 aliphatic rings. The van der Waals surface area contributed by atoms with Gasteiger partial charge in [0.25, 0.3) is 0 Å². The van der Waals surface area contributed by atoms with Crippen LogP contribution in [0.15, 0.2) is 71.6 Å². The number of carbonyl (C=O) groups excluding carboxylic acids is 2. The van der Waals surface area contributed by atoms with Crippen molar-refractivity contribution in [2.75, 3.05) is 36.5 Å². The molecule has 0 aromatic heterocycles. The highest BCUT2D eigenvalue weighted by molar-refractivity contribution is 7.90. The van der Waals surface area contributed by atoms with Crippen LogP contribution in [-0.2, 0) is 14.6 Å². The minimum atomic E-state index is -3.53. The van der Waals surface area contributed by atoms with Crippen LogP contribution in [0.1, 0.15) is 0 Å². The summed E-state index contributed by atoms with van der Waals surface area (Å²) >= 11 is 5.88. The van der Waals surface area contributed by atoms with E-state index in [1.54, 1.807) is 42.5 Å². The van der Waals surface area contributed by atoms with Crippen molar-refractivity contribution in [1.82, 2.24) is 10.2 Å². The highest BCUT2D eigenvalue weighted by atomic mass is 35.5. The largest absolute Gasteiger partial charge is 0.322 e. The molecule has 3 aromatic carbocycles. The van der Waals surface area contributed by atoms with Gasteiger partial charge in [0.15, 0.2) is 9.84 Å². The van der Waals surface area contributed by atoms with Crippen molar-refractivity contribution in [2.45, 2.75) is 10.9 Å². The van der Waals surface area contributed by atoms with E-state index >= 15 is 0 Å². The molecule has 1 unspecified atom stereocenters. The van der Waals surface area contributed by atoms with Crippen LogP contribution in [0.5, 0.6) is 0 Å². The summed E-state index contributed by atoms with van der Waals surface area (Å²) in [4.78, 5) is 27.4. The smallest absolute Gasteiger partial charge is 0.322 e. The molecular weight excluding hydrogens is 507 g/mol. The summed E-state index contributed by atoms with van der Waals surface area (Å²) in [6, 6.07) is 15.6. The molecule has 3 amide bonds. The maximum Gasteiger partial charge on any atom is 0.322 e. The number of hydrogen-bond acceptors (Lipinski definition) is 5. The Morgan fingerprint density at radius 1 is 1.06 bits per heavy atom. The molecule has 1 saturated heterocycles. The van der Waals surface area contributed by atoms with E-state index in [0.717, 1.165) is 6.26 Å². The number of hydrogen-bond donors (Lipinski definition) is 3. The number of piperazine rings is 1. The van der Waals surface area contributed by atoms with Crippen LogP contribution in [0.2, 0.25) is 5.02 Å². The van der Waals surface area contributed by atoms with Crippen molar-refractivity contribution in [3.63, 3.8) is 0 Å². The summed E-state index contributed by atoms with van der Waals surface area (Å²) in [5, 5.41) is 8.89. The summed E-state index contributed by atoms with van der Waals surface area (Å²) in [7, 11) is -3.53. The van der Waals surface area contributed by atoms with Crippen LogP contribution in [0, 0.1) is 5.82 Å². The monoisotopic (exact) mass is 530 g/mol. The molecule has 4 rings (SSSR count). The fourth-order valence-electron chi connectivity index (χ4n) is 3.94. The first-order valence-corrected chi connectivity index (χ1v) is 13.3. The van der Waals surface area contributed by atoms with Gasteiger partial charge in [-0.2, -0.15) is 0 Å². The van der Waals surface area contributed by atoms with E-state index in [1.807, 2.05) is 0 Å². The third-order valence-corrected chi connectivity index (χ3v) is 7.13. The third kappa shape index (κ3) is 5.84. The lowest BCUT2D eigenvalue weighted by atomic mass is 10.0. The van der Waals surface area contributed by atoms with Gasteiger partial charge in [0.05, 0.1) is 10.6 Å². The van der Waals surface area contributed by atoms with Gasteiger partial charge >= 0.3 is 6.03 Å². The van der Waals surface area contributed by atoms with Crippen molar-refractivity contribution in [2.24, 2.45) is 0 Å². The minimum absolute atomic E-state index is 0.0794. The fourth-order valence-corrected chi connectivity index (χ4v) is 4.98. The minimum Gasteiger partial charge on any atom is -0.322 e. The second-order valence-electron chi connectivity index (χ2n) is 8.30. The first kappa shape index (κ1) is 25.6. The molecule has 188 valence electrons. The maximum absolute atomic E-state index is 15.0. The molecule has 1 fully saturated rings. The summed E-state index contributed by atoms with van der Waals surface area (Å²) in [5.41, 5.74) is 1.16. The molecule has 3 N–H and O–H groups in total. The zero-order valence-corrected chi connectivity index (χ0v) is 20.9. The quantitative estimate of drug-likeness (QED) is 0.462. The lowest BCUT2D eigenvalue weighted by molar-refractivity contribution is -0.120. The number of benzene rings is 3. The number of nitrogens with one attached hydrogen (secondary N) is 3. The SMILES string of the molecule is CS(=O)(=O)c1ccccc1-c1ccc(NC(=O)C2CNCCN2C(=O)Nc2ccc(Cl)cc2)c(F)c1. The Labute approximate surface area is 213 Å². The van der Waals surface area contributed by atoms with Gasteiger partial charge < -0.3 is 20.9 Å². The average Bonchev–Trinajstić information content (AvgIpc) is 2.86. The van der Waals surface area contributed by atoms with Gasteiger partial charge in [0.2, 0.25) is 5.91 Å². The molecule has 0 bridgehead atoms. The predicted molar refractivity (Wildman–Crippen MR) is 137 cm³/mol. The fraction of sp³-hybridized carbons (Fsp3) is 0.200. The topological polar surface area (TPSA) is 108 Å². The van der Waals surface area contributed by atoms with Crippen LogP contribution >= 0.6 is 11.6 Å². The second-order valence-corrected chi connectivity index (χ2v) is 10.7. The summed E-state index contributed by atoms with van der Waals surface area (Å²) < 4.78 is 39.2. The summed E-state index contributed by atoms with van der Waals surface area (Å²) in [6.07, 6.45) is 1.09. The molecular formula is C25H24ClFN4O4S. The lowest BCUT2D eigenvalue weighted by Crippen LogP contribution is -2.59. The molecule has 0 saturated carbocycles. The van der Waals surface area contributed by atoms with E-state index in [1.165, 1.54) is 29.2 Å². The van der Waals surface area contributed by atoms with Gasteiger partial charge in [-0.05, 0) is 48.0 Å². The molecule has 0 radical (unpaired) electrons. The molecule has 3 aromatic rings. The second kappa shape index (κ2) is 10.7. The molecule has 0 spiro atoms. The van der Waals surface area contributed by atoms with E-state index in [0.29, 0.717) is 28.4 Å². The first-order valence-electron chi connectivity index (χ1n) is 11.1.